The zero-order valence-electron chi connectivity index (χ0n) is 14.1. The van der Waals surface area contributed by atoms with Gasteiger partial charge in [-0.25, -0.2) is 9.36 Å². The average Bonchev–Trinajstić information content (AvgIpc) is 3.31. The van der Waals surface area contributed by atoms with Crippen LogP contribution in [0.2, 0.25) is 0 Å². The van der Waals surface area contributed by atoms with Gasteiger partial charge in [-0.2, -0.15) is 4.39 Å². The first-order valence-corrected chi connectivity index (χ1v) is 8.57. The van der Waals surface area contributed by atoms with E-state index in [-0.39, 0.29) is 0 Å². The average molecular weight is 359 g/mol. The molecule has 1 aromatic heterocycles. The Kier molecular flexibility index (Phi) is 4.20. The van der Waals surface area contributed by atoms with Crippen molar-refractivity contribution in [2.24, 2.45) is 0 Å². The predicted octanol–water partition coefficient (Wildman–Crippen LogP) is 1.05. The molecule has 2 aliphatic rings. The van der Waals surface area contributed by atoms with Crippen molar-refractivity contribution in [3.63, 3.8) is 0 Å². The van der Waals surface area contributed by atoms with E-state index >= 15 is 0 Å². The Labute approximate surface area is 148 Å². The van der Waals surface area contributed by atoms with Gasteiger partial charge in [0.2, 0.25) is 11.7 Å². The van der Waals surface area contributed by atoms with E-state index < -0.39 is 35.7 Å². The highest BCUT2D eigenvalue weighted by Crippen LogP contribution is 2.27. The van der Waals surface area contributed by atoms with Crippen molar-refractivity contribution < 1.29 is 13.9 Å². The standard InChI is InChI=1S/C18H18FN3O4/c19-13-10-21(16-6-3-9-26-16)18(25)22(17(13)24)11-15(23)20-8-7-12-4-1-2-5-14(12)20/h1-2,4-5,10,16H,3,6-9,11H2/t16-/m0/s1. The molecule has 136 valence electrons. The molecular formula is C18H18FN3O4. The normalized spacial score (nSPS) is 19.0. The van der Waals surface area contributed by atoms with E-state index in [2.05, 4.69) is 0 Å². The van der Waals surface area contributed by atoms with Crippen LogP contribution in [0.25, 0.3) is 0 Å². The van der Waals surface area contributed by atoms with E-state index in [1.165, 1.54) is 4.90 Å². The van der Waals surface area contributed by atoms with Crippen LogP contribution in [-0.4, -0.2) is 28.2 Å². The number of para-hydroxylation sites is 1. The number of carbonyl (C=O) groups excluding carboxylic acids is 1. The topological polar surface area (TPSA) is 73.5 Å². The van der Waals surface area contributed by atoms with Gasteiger partial charge in [-0.1, -0.05) is 18.2 Å². The Balaban J connectivity index is 1.67. The van der Waals surface area contributed by atoms with Crippen molar-refractivity contribution in [2.75, 3.05) is 18.1 Å². The summed E-state index contributed by atoms with van der Waals surface area (Å²) in [6.45, 7) is 0.444. The van der Waals surface area contributed by atoms with E-state index in [0.29, 0.717) is 30.6 Å². The van der Waals surface area contributed by atoms with Gasteiger partial charge < -0.3 is 9.64 Å². The lowest BCUT2D eigenvalue weighted by Gasteiger charge is -2.19. The minimum Gasteiger partial charge on any atom is -0.358 e. The van der Waals surface area contributed by atoms with Gasteiger partial charge in [0, 0.05) is 18.8 Å². The molecule has 1 fully saturated rings. The second-order valence-electron chi connectivity index (χ2n) is 6.45. The van der Waals surface area contributed by atoms with Gasteiger partial charge in [-0.15, -0.1) is 0 Å². The summed E-state index contributed by atoms with van der Waals surface area (Å²) in [5.74, 6) is -1.49. The third kappa shape index (κ3) is 2.76. The molecule has 0 spiro atoms. The van der Waals surface area contributed by atoms with Crippen LogP contribution in [0, 0.1) is 5.82 Å². The van der Waals surface area contributed by atoms with Crippen molar-refractivity contribution >= 4 is 11.6 Å². The zero-order valence-corrected chi connectivity index (χ0v) is 14.1. The monoisotopic (exact) mass is 359 g/mol. The first-order valence-electron chi connectivity index (χ1n) is 8.57. The lowest BCUT2D eigenvalue weighted by atomic mass is 10.2. The van der Waals surface area contributed by atoms with E-state index in [1.807, 2.05) is 24.3 Å². The Morgan fingerprint density at radius 1 is 1.27 bits per heavy atom. The van der Waals surface area contributed by atoms with Gasteiger partial charge in [-0.05, 0) is 30.9 Å². The van der Waals surface area contributed by atoms with Crippen LogP contribution in [-0.2, 0) is 22.5 Å². The van der Waals surface area contributed by atoms with Gasteiger partial charge in [0.05, 0.1) is 6.20 Å². The van der Waals surface area contributed by atoms with Crippen LogP contribution in [0.1, 0.15) is 24.6 Å². The molecule has 2 aromatic rings. The third-order valence-corrected chi connectivity index (χ3v) is 4.85. The summed E-state index contributed by atoms with van der Waals surface area (Å²) in [6.07, 6.45) is 2.28. The summed E-state index contributed by atoms with van der Waals surface area (Å²) < 4.78 is 21.2. The first-order chi connectivity index (χ1) is 12.6. The maximum Gasteiger partial charge on any atom is 0.333 e. The van der Waals surface area contributed by atoms with Crippen molar-refractivity contribution in [2.45, 2.75) is 32.0 Å². The molecule has 0 unspecified atom stereocenters. The SMILES string of the molecule is O=C(Cn1c(=O)c(F)cn([C@@H]2CCCO2)c1=O)N1CCc2ccccc21. The molecule has 0 aliphatic carbocycles. The van der Waals surface area contributed by atoms with Crippen molar-refractivity contribution in [1.29, 1.82) is 0 Å². The Morgan fingerprint density at radius 3 is 2.85 bits per heavy atom. The van der Waals surface area contributed by atoms with Crippen LogP contribution in [0.3, 0.4) is 0 Å². The fourth-order valence-electron chi connectivity index (χ4n) is 3.53. The fraction of sp³-hybridized carbons (Fsp3) is 0.389. The second kappa shape index (κ2) is 6.53. The van der Waals surface area contributed by atoms with Crippen molar-refractivity contribution in [3.05, 3.63) is 62.7 Å². The van der Waals surface area contributed by atoms with Gasteiger partial charge in [0.1, 0.15) is 12.8 Å². The number of halogens is 1. The molecule has 1 atom stereocenters. The Hall–Kier alpha value is -2.74. The van der Waals surface area contributed by atoms with Gasteiger partial charge in [0.25, 0.3) is 5.56 Å². The molecule has 1 amide bonds. The number of carbonyl (C=O) groups is 1. The number of hydrogen-bond acceptors (Lipinski definition) is 4. The highest BCUT2D eigenvalue weighted by molar-refractivity contribution is 5.95. The molecule has 0 N–H and O–H groups in total. The van der Waals surface area contributed by atoms with Crippen LogP contribution in [0.5, 0.6) is 0 Å². The van der Waals surface area contributed by atoms with Crippen LogP contribution in [0.15, 0.2) is 40.1 Å². The first kappa shape index (κ1) is 16.7. The molecule has 1 aromatic carbocycles. The number of benzene rings is 1. The zero-order chi connectivity index (χ0) is 18.3. The lowest BCUT2D eigenvalue weighted by Crippen LogP contribution is -2.46. The minimum absolute atomic E-state index is 0.418. The molecule has 3 heterocycles. The largest absolute Gasteiger partial charge is 0.358 e. The molecular weight excluding hydrogens is 341 g/mol. The number of amides is 1. The molecule has 1 saturated heterocycles. The van der Waals surface area contributed by atoms with Gasteiger partial charge in [0.15, 0.2) is 0 Å². The quantitative estimate of drug-likeness (QED) is 0.821. The molecule has 8 heteroatoms. The summed E-state index contributed by atoms with van der Waals surface area (Å²) in [7, 11) is 0. The molecule has 4 rings (SSSR count). The molecule has 2 aliphatic heterocycles. The Morgan fingerprint density at radius 2 is 2.08 bits per heavy atom. The minimum atomic E-state index is -1.09. The number of ether oxygens (including phenoxy) is 1. The molecule has 0 radical (unpaired) electrons. The number of fused-ring (bicyclic) bond motifs is 1. The Bertz CT molecular complexity index is 975. The summed E-state index contributed by atoms with van der Waals surface area (Å²) in [6, 6.07) is 7.47. The van der Waals surface area contributed by atoms with E-state index in [4.69, 9.17) is 4.74 Å². The molecule has 7 nitrogen and oxygen atoms in total. The predicted molar refractivity (Wildman–Crippen MR) is 91.6 cm³/mol. The van der Waals surface area contributed by atoms with Gasteiger partial charge in [-0.3, -0.25) is 14.2 Å². The fourth-order valence-corrected chi connectivity index (χ4v) is 3.53. The van der Waals surface area contributed by atoms with Crippen molar-refractivity contribution in [3.8, 4) is 0 Å². The molecule has 26 heavy (non-hydrogen) atoms. The third-order valence-electron chi connectivity index (χ3n) is 4.85. The van der Waals surface area contributed by atoms with Gasteiger partial charge >= 0.3 is 5.69 Å². The lowest BCUT2D eigenvalue weighted by molar-refractivity contribution is -0.119. The summed E-state index contributed by atoms with van der Waals surface area (Å²) in [4.78, 5) is 39.0. The van der Waals surface area contributed by atoms with Crippen LogP contribution < -0.4 is 16.1 Å². The number of rotatable bonds is 3. The van der Waals surface area contributed by atoms with Crippen LogP contribution >= 0.6 is 0 Å². The van der Waals surface area contributed by atoms with E-state index in [0.717, 1.165) is 28.4 Å². The molecule has 0 bridgehead atoms. The summed E-state index contributed by atoms with van der Waals surface area (Å²) in [5, 5.41) is 0. The maximum atomic E-state index is 14.1. The highest BCUT2D eigenvalue weighted by Gasteiger charge is 2.27. The number of anilines is 1. The number of aromatic nitrogens is 2. The second-order valence-corrected chi connectivity index (χ2v) is 6.45. The van der Waals surface area contributed by atoms with E-state index in [1.54, 1.807) is 0 Å². The maximum absolute atomic E-state index is 14.1. The summed E-state index contributed by atoms with van der Waals surface area (Å²) in [5.41, 5.74) is -0.0279. The van der Waals surface area contributed by atoms with Crippen LogP contribution in [0.4, 0.5) is 10.1 Å². The number of hydrogen-bond donors (Lipinski definition) is 0. The number of nitrogens with zero attached hydrogens (tertiary/aromatic N) is 3. The van der Waals surface area contributed by atoms with E-state index in [9.17, 15) is 18.8 Å². The smallest absolute Gasteiger partial charge is 0.333 e. The van der Waals surface area contributed by atoms with Crippen molar-refractivity contribution in [1.82, 2.24) is 9.13 Å². The molecule has 0 saturated carbocycles. The summed E-state index contributed by atoms with van der Waals surface area (Å²) >= 11 is 0. The highest BCUT2D eigenvalue weighted by atomic mass is 19.1.